The van der Waals surface area contributed by atoms with E-state index in [2.05, 4.69) is 0 Å². The van der Waals surface area contributed by atoms with Gasteiger partial charge in [0.1, 0.15) is 31.2 Å². The van der Waals surface area contributed by atoms with Crippen molar-refractivity contribution in [3.63, 3.8) is 0 Å². The number of fused-ring (bicyclic) bond motifs is 1. The Bertz CT molecular complexity index is 632. The van der Waals surface area contributed by atoms with Crippen LogP contribution < -0.4 is 0 Å². The maximum absolute atomic E-state index is 6.09. The summed E-state index contributed by atoms with van der Waals surface area (Å²) in [5, 5.41) is 0. The van der Waals surface area contributed by atoms with E-state index in [1.165, 1.54) is 0 Å². The molecule has 1 aromatic rings. The largest absolute Gasteiger partial charge is 0.351 e. The molecule has 3 heterocycles. The average Bonchev–Trinajstić information content (AvgIpc) is 3.22. The molecule has 0 saturated carbocycles. The van der Waals surface area contributed by atoms with Gasteiger partial charge in [0.15, 0.2) is 17.9 Å². The van der Waals surface area contributed by atoms with Crippen molar-refractivity contribution in [1.29, 1.82) is 0 Å². The van der Waals surface area contributed by atoms with Gasteiger partial charge in [0.25, 0.3) is 0 Å². The van der Waals surface area contributed by atoms with Crippen molar-refractivity contribution in [3.05, 3.63) is 35.9 Å². The van der Waals surface area contributed by atoms with Crippen molar-refractivity contribution < 1.29 is 33.2 Å². The molecule has 3 aliphatic rings. The highest BCUT2D eigenvalue weighted by Gasteiger charge is 2.58. The second-order valence-electron chi connectivity index (χ2n) is 8.02. The van der Waals surface area contributed by atoms with E-state index in [0.717, 1.165) is 5.56 Å². The molecule has 0 N–H and O–H groups in total. The van der Waals surface area contributed by atoms with Crippen molar-refractivity contribution in [2.24, 2.45) is 0 Å². The molecular formula is C20H28O7. The predicted molar refractivity (Wildman–Crippen MR) is 94.6 cm³/mol. The van der Waals surface area contributed by atoms with Crippen LogP contribution in [0, 0.1) is 0 Å². The average molecular weight is 380 g/mol. The lowest BCUT2D eigenvalue weighted by molar-refractivity contribution is -0.242. The maximum atomic E-state index is 6.09. The Balaban J connectivity index is 1.38. The fourth-order valence-corrected chi connectivity index (χ4v) is 3.73. The summed E-state index contributed by atoms with van der Waals surface area (Å²) in [6.45, 7) is 8.55. The normalized spacial score (nSPS) is 36.8. The Kier molecular flexibility index (Phi) is 5.28. The van der Waals surface area contributed by atoms with Gasteiger partial charge in [-0.2, -0.15) is 0 Å². The number of benzene rings is 1. The minimum absolute atomic E-state index is 0.128. The molecule has 7 heteroatoms. The first-order valence-electron chi connectivity index (χ1n) is 9.39. The third-order valence-corrected chi connectivity index (χ3v) is 4.88. The molecule has 3 fully saturated rings. The summed E-state index contributed by atoms with van der Waals surface area (Å²) in [6.07, 6.45) is -1.79. The summed E-state index contributed by atoms with van der Waals surface area (Å²) in [6, 6.07) is 9.97. The molecule has 4 rings (SSSR count). The number of rotatable bonds is 6. The quantitative estimate of drug-likeness (QED) is 0.555. The zero-order valence-corrected chi connectivity index (χ0v) is 16.3. The van der Waals surface area contributed by atoms with Crippen molar-refractivity contribution in [1.82, 2.24) is 0 Å². The summed E-state index contributed by atoms with van der Waals surface area (Å²) in [5.74, 6) is -1.35. The van der Waals surface area contributed by atoms with E-state index in [0.29, 0.717) is 13.2 Å². The molecule has 2 unspecified atom stereocenters. The van der Waals surface area contributed by atoms with Gasteiger partial charge in [-0.25, -0.2) is 0 Å². The molecule has 5 atom stereocenters. The fraction of sp³-hybridized carbons (Fsp3) is 0.700. The predicted octanol–water partition coefficient (Wildman–Crippen LogP) is 2.57. The first-order chi connectivity index (χ1) is 12.8. The Labute approximate surface area is 159 Å². The third-order valence-electron chi connectivity index (χ3n) is 4.88. The molecule has 1 aromatic carbocycles. The lowest BCUT2D eigenvalue weighted by Crippen LogP contribution is -2.44. The van der Waals surface area contributed by atoms with Crippen LogP contribution in [0.1, 0.15) is 33.3 Å². The molecule has 150 valence electrons. The molecule has 0 aliphatic carbocycles. The van der Waals surface area contributed by atoms with Gasteiger partial charge in [-0.1, -0.05) is 30.3 Å². The van der Waals surface area contributed by atoms with E-state index < -0.39 is 17.9 Å². The van der Waals surface area contributed by atoms with Crippen LogP contribution in [0.3, 0.4) is 0 Å². The van der Waals surface area contributed by atoms with Crippen LogP contribution >= 0.6 is 0 Å². The van der Waals surface area contributed by atoms with E-state index in [-0.39, 0.29) is 31.2 Å². The minimum Gasteiger partial charge on any atom is -0.351 e. The van der Waals surface area contributed by atoms with Crippen LogP contribution in [-0.2, 0) is 39.8 Å². The summed E-state index contributed by atoms with van der Waals surface area (Å²) in [5.41, 5.74) is 1.09. The van der Waals surface area contributed by atoms with Crippen LogP contribution in [0.4, 0.5) is 0 Å². The molecule has 0 spiro atoms. The smallest absolute Gasteiger partial charge is 0.190 e. The number of hydrogen-bond donors (Lipinski definition) is 0. The second-order valence-corrected chi connectivity index (χ2v) is 8.02. The highest BCUT2D eigenvalue weighted by molar-refractivity contribution is 5.13. The van der Waals surface area contributed by atoms with Crippen LogP contribution in [0.2, 0.25) is 0 Å². The summed E-state index contributed by atoms with van der Waals surface area (Å²) >= 11 is 0. The lowest BCUT2D eigenvalue weighted by Gasteiger charge is -2.28. The van der Waals surface area contributed by atoms with E-state index in [4.69, 9.17) is 33.2 Å². The zero-order valence-electron chi connectivity index (χ0n) is 16.3. The minimum atomic E-state index is -0.709. The first-order valence-corrected chi connectivity index (χ1v) is 9.39. The van der Waals surface area contributed by atoms with Gasteiger partial charge >= 0.3 is 0 Å². The van der Waals surface area contributed by atoms with Crippen LogP contribution in [0.5, 0.6) is 0 Å². The highest BCUT2D eigenvalue weighted by atomic mass is 16.9. The number of hydrogen-bond acceptors (Lipinski definition) is 7. The molecule has 0 amide bonds. The molecule has 0 radical (unpaired) electrons. The van der Waals surface area contributed by atoms with E-state index in [1.807, 2.05) is 58.0 Å². The van der Waals surface area contributed by atoms with E-state index in [9.17, 15) is 0 Å². The topological polar surface area (TPSA) is 64.6 Å². The van der Waals surface area contributed by atoms with Gasteiger partial charge < -0.3 is 33.2 Å². The Morgan fingerprint density at radius 3 is 2.44 bits per heavy atom. The first kappa shape index (κ1) is 19.3. The summed E-state index contributed by atoms with van der Waals surface area (Å²) < 4.78 is 41.4. The summed E-state index contributed by atoms with van der Waals surface area (Å²) in [4.78, 5) is 0. The lowest BCUT2D eigenvalue weighted by atomic mass is 10.1. The van der Waals surface area contributed by atoms with Crippen molar-refractivity contribution in [2.45, 2.75) is 76.6 Å². The van der Waals surface area contributed by atoms with Gasteiger partial charge in [0, 0.05) is 0 Å². The fourth-order valence-electron chi connectivity index (χ4n) is 3.73. The van der Waals surface area contributed by atoms with Crippen LogP contribution in [0.25, 0.3) is 0 Å². The van der Waals surface area contributed by atoms with Gasteiger partial charge in [-0.05, 0) is 33.3 Å². The van der Waals surface area contributed by atoms with Gasteiger partial charge in [0.05, 0.1) is 13.2 Å². The van der Waals surface area contributed by atoms with Crippen molar-refractivity contribution in [3.8, 4) is 0 Å². The van der Waals surface area contributed by atoms with Gasteiger partial charge in [0.2, 0.25) is 0 Å². The monoisotopic (exact) mass is 380 g/mol. The molecular weight excluding hydrogens is 352 g/mol. The number of ether oxygens (including phenoxy) is 7. The van der Waals surface area contributed by atoms with Crippen molar-refractivity contribution in [2.75, 3.05) is 13.4 Å². The summed E-state index contributed by atoms with van der Waals surface area (Å²) in [7, 11) is 0. The maximum Gasteiger partial charge on any atom is 0.190 e. The van der Waals surface area contributed by atoms with E-state index in [1.54, 1.807) is 0 Å². The molecule has 3 aliphatic heterocycles. The highest BCUT2D eigenvalue weighted by Crippen LogP contribution is 2.41. The molecule has 0 aromatic heterocycles. The molecule has 27 heavy (non-hydrogen) atoms. The zero-order chi connectivity index (χ0) is 19.1. The van der Waals surface area contributed by atoms with E-state index >= 15 is 0 Å². The molecule has 0 bridgehead atoms. The van der Waals surface area contributed by atoms with Crippen LogP contribution in [0.15, 0.2) is 30.3 Å². The SMILES string of the molecule is CC1(C)OCC([C@H]2O[C@@H]3OC(C)(C)OC3[C@@H]2OCOCc2ccccc2)O1. The third kappa shape index (κ3) is 4.35. The van der Waals surface area contributed by atoms with Gasteiger partial charge in [-0.3, -0.25) is 0 Å². The Morgan fingerprint density at radius 2 is 1.74 bits per heavy atom. The Hall–Kier alpha value is -1.06. The standard InChI is InChI=1S/C20H28O7/c1-19(2)23-11-14(25-19)15-16(17-18(24-15)27-20(3,4)26-17)22-12-21-10-13-8-6-5-7-9-13/h5-9,14-18H,10-12H2,1-4H3/t14?,15-,16-,17?,18-/m1/s1. The second kappa shape index (κ2) is 7.40. The molecule has 7 nitrogen and oxygen atoms in total. The van der Waals surface area contributed by atoms with Crippen molar-refractivity contribution >= 4 is 0 Å². The molecule has 3 saturated heterocycles. The Morgan fingerprint density at radius 1 is 0.963 bits per heavy atom. The van der Waals surface area contributed by atoms with Gasteiger partial charge in [-0.15, -0.1) is 0 Å². The van der Waals surface area contributed by atoms with Crippen LogP contribution in [-0.4, -0.2) is 55.7 Å².